The van der Waals surface area contributed by atoms with Crippen molar-refractivity contribution in [2.45, 2.75) is 76.4 Å². The predicted molar refractivity (Wildman–Crippen MR) is 141 cm³/mol. The minimum atomic E-state index is 0.230. The van der Waals surface area contributed by atoms with Crippen LogP contribution in [0.5, 0.6) is 5.75 Å². The molecule has 37 heavy (non-hydrogen) atoms. The molecule has 8 nitrogen and oxygen atoms in total. The van der Waals surface area contributed by atoms with E-state index in [0.29, 0.717) is 53.6 Å². The number of hydrogen-bond acceptors (Lipinski definition) is 8. The number of hydrogen-bond donors (Lipinski definition) is 4. The Balaban J connectivity index is 1.11. The Labute approximate surface area is 218 Å². The number of benzene rings is 1. The maximum Gasteiger partial charge on any atom is 0.224 e. The molecule has 5 aliphatic rings. The van der Waals surface area contributed by atoms with Gasteiger partial charge in [0.05, 0.1) is 6.20 Å². The lowest BCUT2D eigenvalue weighted by molar-refractivity contribution is -0.121. The summed E-state index contributed by atoms with van der Waals surface area (Å²) >= 11 is 0. The molecule has 3 unspecified atom stereocenters. The summed E-state index contributed by atoms with van der Waals surface area (Å²) in [6, 6.07) is 10.5. The Bertz CT molecular complexity index is 1180. The van der Waals surface area contributed by atoms with E-state index in [9.17, 15) is 15.2 Å². The number of nitrogens with zero attached hydrogens (tertiary/aromatic N) is 3. The van der Waals surface area contributed by atoms with Crippen molar-refractivity contribution < 1.29 is 9.90 Å². The van der Waals surface area contributed by atoms with Crippen molar-refractivity contribution in [1.29, 1.82) is 5.26 Å². The standard InChI is InChI=1S/C29H36N6O2/c30-14-22-16-32-28(31-15-19-3-1-2-4-25(19)37)35-27(22)33-17-29-11-18-9-20(12-29)26(21(10-18)13-29)34-23-5-7-24(36)8-6-23/h1-4,16,18,20-21,23,26,34,37H,5-13,15,17H2,(H2,31,32,33,35)/t18?,20-,21+,26?,29?. The highest BCUT2D eigenvalue weighted by molar-refractivity contribution is 5.79. The zero-order chi connectivity index (χ0) is 25.4. The van der Waals surface area contributed by atoms with Crippen LogP contribution in [0.1, 0.15) is 68.9 Å². The Morgan fingerprint density at radius 1 is 1.08 bits per heavy atom. The molecule has 2 aromatic rings. The van der Waals surface area contributed by atoms with Gasteiger partial charge in [-0.3, -0.25) is 4.79 Å². The van der Waals surface area contributed by atoms with E-state index in [1.807, 2.05) is 12.1 Å². The number of phenols is 1. The highest BCUT2D eigenvalue weighted by Gasteiger charge is 2.55. The number of anilines is 2. The molecule has 1 aromatic carbocycles. The van der Waals surface area contributed by atoms with Crippen molar-refractivity contribution in [3.8, 4) is 11.8 Å². The average Bonchev–Trinajstić information content (AvgIpc) is 2.90. The molecule has 0 radical (unpaired) electrons. The number of aromatic nitrogens is 2. The van der Waals surface area contributed by atoms with Gasteiger partial charge in [-0.1, -0.05) is 18.2 Å². The summed E-state index contributed by atoms with van der Waals surface area (Å²) in [5.74, 6) is 3.85. The summed E-state index contributed by atoms with van der Waals surface area (Å²) in [4.78, 5) is 20.6. The maximum atomic E-state index is 11.7. The fourth-order valence-electron chi connectivity index (χ4n) is 7.85. The number of para-hydroxylation sites is 1. The van der Waals surface area contributed by atoms with Crippen LogP contribution in [0.2, 0.25) is 0 Å². The molecule has 7 rings (SSSR count). The number of carbonyl (C=O) groups is 1. The fraction of sp³-hybridized carbons (Fsp3) is 0.586. The van der Waals surface area contributed by atoms with Crippen LogP contribution in [0.15, 0.2) is 30.5 Å². The maximum absolute atomic E-state index is 11.7. The van der Waals surface area contributed by atoms with Gasteiger partial charge in [0, 0.05) is 43.6 Å². The van der Waals surface area contributed by atoms with Crippen molar-refractivity contribution in [2.75, 3.05) is 17.2 Å². The van der Waals surface area contributed by atoms with E-state index in [1.54, 1.807) is 18.3 Å². The normalized spacial score (nSPS) is 30.7. The van der Waals surface area contributed by atoms with Gasteiger partial charge < -0.3 is 21.1 Å². The molecule has 194 valence electrons. The van der Waals surface area contributed by atoms with Gasteiger partial charge in [0.2, 0.25) is 5.95 Å². The molecule has 5 aliphatic carbocycles. The third-order valence-electron chi connectivity index (χ3n) is 9.34. The summed E-state index contributed by atoms with van der Waals surface area (Å²) in [6.07, 6.45) is 11.3. The van der Waals surface area contributed by atoms with Gasteiger partial charge in [0.25, 0.3) is 0 Å². The topological polar surface area (TPSA) is 123 Å². The van der Waals surface area contributed by atoms with Crippen LogP contribution in [0.25, 0.3) is 0 Å². The number of ketones is 1. The molecule has 0 amide bonds. The third-order valence-corrected chi connectivity index (χ3v) is 9.34. The molecule has 5 saturated carbocycles. The average molecular weight is 501 g/mol. The molecule has 5 fully saturated rings. The minimum Gasteiger partial charge on any atom is -0.508 e. The Morgan fingerprint density at radius 3 is 2.57 bits per heavy atom. The first-order valence-corrected chi connectivity index (χ1v) is 13.8. The van der Waals surface area contributed by atoms with Gasteiger partial charge in [-0.2, -0.15) is 10.2 Å². The smallest absolute Gasteiger partial charge is 0.224 e. The van der Waals surface area contributed by atoms with Crippen LogP contribution in [0.3, 0.4) is 0 Å². The van der Waals surface area contributed by atoms with E-state index in [1.165, 1.54) is 32.1 Å². The number of nitrogens with one attached hydrogen (secondary N) is 3. The van der Waals surface area contributed by atoms with E-state index in [2.05, 4.69) is 32.0 Å². The van der Waals surface area contributed by atoms with E-state index < -0.39 is 0 Å². The second kappa shape index (κ2) is 9.94. The number of rotatable bonds is 8. The predicted octanol–water partition coefficient (Wildman–Crippen LogP) is 4.37. The number of nitriles is 1. The summed E-state index contributed by atoms with van der Waals surface area (Å²) in [5.41, 5.74) is 1.46. The highest BCUT2D eigenvalue weighted by atomic mass is 16.3. The van der Waals surface area contributed by atoms with Crippen molar-refractivity contribution in [3.63, 3.8) is 0 Å². The lowest BCUT2D eigenvalue weighted by Crippen LogP contribution is -2.61. The lowest BCUT2D eigenvalue weighted by atomic mass is 9.47. The van der Waals surface area contributed by atoms with Gasteiger partial charge in [-0.25, -0.2) is 4.98 Å². The zero-order valence-corrected chi connectivity index (χ0v) is 21.2. The van der Waals surface area contributed by atoms with Crippen LogP contribution in [-0.4, -0.2) is 39.5 Å². The van der Waals surface area contributed by atoms with Crippen molar-refractivity contribution >= 4 is 17.5 Å². The number of phenolic OH excluding ortho intramolecular Hbond substituents is 1. The largest absolute Gasteiger partial charge is 0.508 e. The summed E-state index contributed by atoms with van der Waals surface area (Å²) in [6.45, 7) is 1.22. The minimum absolute atomic E-state index is 0.230. The molecule has 5 atom stereocenters. The molecule has 4 N–H and O–H groups in total. The van der Waals surface area contributed by atoms with Crippen molar-refractivity contribution in [1.82, 2.24) is 15.3 Å². The van der Waals surface area contributed by atoms with Gasteiger partial charge in [0.15, 0.2) is 0 Å². The highest BCUT2D eigenvalue weighted by Crippen LogP contribution is 2.60. The lowest BCUT2D eigenvalue weighted by Gasteiger charge is -2.61. The van der Waals surface area contributed by atoms with E-state index in [4.69, 9.17) is 0 Å². The summed E-state index contributed by atoms with van der Waals surface area (Å²) in [7, 11) is 0. The first kappa shape index (κ1) is 24.2. The Morgan fingerprint density at radius 2 is 1.84 bits per heavy atom. The molecule has 4 bridgehead atoms. The monoisotopic (exact) mass is 500 g/mol. The molecule has 8 heteroatoms. The quantitative estimate of drug-likeness (QED) is 0.421. The van der Waals surface area contributed by atoms with Gasteiger partial charge in [-0.15, -0.1) is 0 Å². The molecule has 0 saturated heterocycles. The van der Waals surface area contributed by atoms with Crippen LogP contribution < -0.4 is 16.0 Å². The number of Topliss-reactive ketones (excluding diaryl/α,β-unsaturated/α-hetero) is 1. The van der Waals surface area contributed by atoms with E-state index in [0.717, 1.165) is 43.7 Å². The summed E-state index contributed by atoms with van der Waals surface area (Å²) < 4.78 is 0. The van der Waals surface area contributed by atoms with Crippen LogP contribution in [-0.2, 0) is 11.3 Å². The van der Waals surface area contributed by atoms with Crippen LogP contribution in [0.4, 0.5) is 11.8 Å². The van der Waals surface area contributed by atoms with Crippen molar-refractivity contribution in [3.05, 3.63) is 41.6 Å². The third kappa shape index (κ3) is 5.02. The van der Waals surface area contributed by atoms with Gasteiger partial charge >= 0.3 is 0 Å². The molecular weight excluding hydrogens is 464 g/mol. The fourth-order valence-corrected chi connectivity index (χ4v) is 7.85. The van der Waals surface area contributed by atoms with Gasteiger partial charge in [-0.05, 0) is 74.2 Å². The SMILES string of the molecule is N#Cc1cnc(NCc2ccccc2O)nc1NCC12CC3C[C@H](C1)C(NC1CCC(=O)CC1)[C@@H](C3)C2. The summed E-state index contributed by atoms with van der Waals surface area (Å²) in [5, 5.41) is 30.4. The molecule has 0 spiro atoms. The second-order valence-corrected chi connectivity index (χ2v) is 11.9. The molecule has 0 aliphatic heterocycles. The second-order valence-electron chi connectivity index (χ2n) is 11.9. The Kier molecular flexibility index (Phi) is 6.49. The first-order chi connectivity index (χ1) is 18.0. The number of aromatic hydroxyl groups is 1. The van der Waals surface area contributed by atoms with E-state index >= 15 is 0 Å². The van der Waals surface area contributed by atoms with E-state index in [-0.39, 0.29) is 11.2 Å². The van der Waals surface area contributed by atoms with Gasteiger partial charge in [0.1, 0.15) is 29.0 Å². The molecular formula is C29H36N6O2. The first-order valence-electron chi connectivity index (χ1n) is 13.8. The zero-order valence-electron chi connectivity index (χ0n) is 21.2. The van der Waals surface area contributed by atoms with Crippen molar-refractivity contribution in [2.24, 2.45) is 23.2 Å². The number of carbonyl (C=O) groups excluding carboxylic acids is 1. The van der Waals surface area contributed by atoms with Crippen LogP contribution >= 0.6 is 0 Å². The molecule has 1 aromatic heterocycles. The van der Waals surface area contributed by atoms with Crippen LogP contribution in [0, 0.1) is 34.5 Å². The molecule has 1 heterocycles. The Hall–Kier alpha value is -3.18.